The highest BCUT2D eigenvalue weighted by molar-refractivity contribution is 5.79. The molecule has 2 N–H and O–H groups in total. The Morgan fingerprint density at radius 2 is 1.96 bits per heavy atom. The summed E-state index contributed by atoms with van der Waals surface area (Å²) in [7, 11) is 3.48. The molecule has 0 unspecified atom stereocenters. The maximum atomic E-state index is 5.54. The van der Waals surface area contributed by atoms with E-state index in [1.165, 1.54) is 12.0 Å². The molecule has 0 aliphatic heterocycles. The summed E-state index contributed by atoms with van der Waals surface area (Å²) < 4.78 is 11.0. The van der Waals surface area contributed by atoms with Gasteiger partial charge in [-0.05, 0) is 31.4 Å². The Balaban J connectivity index is 2.29. The molecule has 0 aromatic heterocycles. The molecule has 0 bridgehead atoms. The Morgan fingerprint density at radius 3 is 2.65 bits per heavy atom. The Hall–Kier alpha value is -1.75. The average molecular weight is 321 g/mol. The second-order valence-corrected chi connectivity index (χ2v) is 5.49. The smallest absolute Gasteiger partial charge is 0.191 e. The Bertz CT molecular complexity index is 475. The number of unbranched alkanes of at least 4 members (excludes halogenated alkanes) is 1. The van der Waals surface area contributed by atoms with Gasteiger partial charge in [-0.15, -0.1) is 0 Å². The molecule has 130 valence electrons. The van der Waals surface area contributed by atoms with E-state index in [9.17, 15) is 0 Å². The molecule has 0 saturated carbocycles. The quantitative estimate of drug-likeness (QED) is 0.395. The van der Waals surface area contributed by atoms with Crippen LogP contribution in [0.1, 0.15) is 37.3 Å². The second kappa shape index (κ2) is 11.8. The van der Waals surface area contributed by atoms with Crippen LogP contribution in [0, 0.1) is 6.92 Å². The number of aliphatic imine (C=N–C) groups is 1. The molecule has 23 heavy (non-hydrogen) atoms. The lowest BCUT2D eigenvalue weighted by molar-refractivity contribution is 0.129. The monoisotopic (exact) mass is 321 g/mol. The minimum atomic E-state index is 0.677. The molecule has 5 heteroatoms. The van der Waals surface area contributed by atoms with Gasteiger partial charge in [0.25, 0.3) is 0 Å². The van der Waals surface area contributed by atoms with Crippen molar-refractivity contribution in [3.8, 4) is 5.75 Å². The number of methoxy groups -OCH3 is 1. The van der Waals surface area contributed by atoms with E-state index < -0.39 is 0 Å². The number of ether oxygens (including phenoxy) is 2. The lowest BCUT2D eigenvalue weighted by Gasteiger charge is -2.14. The summed E-state index contributed by atoms with van der Waals surface area (Å²) in [6.07, 6.45) is 3.28. The molecular weight excluding hydrogens is 290 g/mol. The summed E-state index contributed by atoms with van der Waals surface area (Å²) in [6.45, 7) is 7.39. The fourth-order valence-electron chi connectivity index (χ4n) is 2.13. The molecular formula is C18H31N3O2. The van der Waals surface area contributed by atoms with Gasteiger partial charge in [-0.1, -0.05) is 25.5 Å². The van der Waals surface area contributed by atoms with Crippen molar-refractivity contribution in [1.29, 1.82) is 0 Å². The molecule has 1 rings (SSSR count). The number of benzene rings is 1. The second-order valence-electron chi connectivity index (χ2n) is 5.49. The van der Waals surface area contributed by atoms with E-state index in [1.807, 2.05) is 6.07 Å². The first kappa shape index (κ1) is 19.3. The SMILES string of the molecule is CCCCOCCCNC(=NC)NCc1ccc(C)cc1OC. The van der Waals surface area contributed by atoms with Gasteiger partial charge in [0.2, 0.25) is 0 Å². The standard InChI is InChI=1S/C18H31N3O2/c1-5-6-11-23-12-7-10-20-18(19-3)21-14-16-9-8-15(2)13-17(16)22-4/h8-9,13H,5-7,10-12,14H2,1-4H3,(H2,19,20,21). The summed E-state index contributed by atoms with van der Waals surface area (Å²) in [5, 5.41) is 6.61. The third kappa shape index (κ3) is 7.88. The van der Waals surface area contributed by atoms with Crippen molar-refractivity contribution < 1.29 is 9.47 Å². The van der Waals surface area contributed by atoms with E-state index in [0.717, 1.165) is 49.9 Å². The summed E-state index contributed by atoms with van der Waals surface area (Å²) in [4.78, 5) is 4.24. The number of nitrogens with zero attached hydrogens (tertiary/aromatic N) is 1. The predicted molar refractivity (Wildman–Crippen MR) is 96.3 cm³/mol. The first-order chi connectivity index (χ1) is 11.2. The zero-order valence-corrected chi connectivity index (χ0v) is 14.9. The molecule has 0 spiro atoms. The van der Waals surface area contributed by atoms with Crippen LogP contribution in [-0.2, 0) is 11.3 Å². The molecule has 5 nitrogen and oxygen atoms in total. The number of guanidine groups is 1. The van der Waals surface area contributed by atoms with Crippen LogP contribution < -0.4 is 15.4 Å². The topological polar surface area (TPSA) is 54.9 Å². The fourth-order valence-corrected chi connectivity index (χ4v) is 2.13. The number of hydrogen-bond donors (Lipinski definition) is 2. The van der Waals surface area contributed by atoms with E-state index in [2.05, 4.69) is 41.6 Å². The van der Waals surface area contributed by atoms with Gasteiger partial charge in [-0.3, -0.25) is 4.99 Å². The van der Waals surface area contributed by atoms with Crippen LogP contribution in [0.15, 0.2) is 23.2 Å². The third-order valence-corrected chi connectivity index (χ3v) is 3.51. The maximum absolute atomic E-state index is 5.54. The summed E-state index contributed by atoms with van der Waals surface area (Å²) in [6, 6.07) is 6.21. The Labute approximate surface area is 140 Å². The predicted octanol–water partition coefficient (Wildman–Crippen LogP) is 2.88. The van der Waals surface area contributed by atoms with Gasteiger partial charge in [0.1, 0.15) is 5.75 Å². The number of aryl methyl sites for hydroxylation is 1. The first-order valence-corrected chi connectivity index (χ1v) is 8.37. The Kier molecular flexibility index (Phi) is 9.87. The lowest BCUT2D eigenvalue weighted by Crippen LogP contribution is -2.37. The molecule has 0 radical (unpaired) electrons. The maximum Gasteiger partial charge on any atom is 0.191 e. The summed E-state index contributed by atoms with van der Waals surface area (Å²) in [5.41, 5.74) is 2.31. The minimum absolute atomic E-state index is 0.677. The molecule has 0 saturated heterocycles. The largest absolute Gasteiger partial charge is 0.496 e. The summed E-state index contributed by atoms with van der Waals surface area (Å²) in [5.74, 6) is 1.69. The number of nitrogens with one attached hydrogen (secondary N) is 2. The van der Waals surface area contributed by atoms with Gasteiger partial charge < -0.3 is 20.1 Å². The van der Waals surface area contributed by atoms with Crippen LogP contribution in [-0.4, -0.2) is 39.9 Å². The van der Waals surface area contributed by atoms with Crippen molar-refractivity contribution >= 4 is 5.96 Å². The van der Waals surface area contributed by atoms with Crippen molar-refractivity contribution in [2.24, 2.45) is 4.99 Å². The van der Waals surface area contributed by atoms with E-state index in [-0.39, 0.29) is 0 Å². The molecule has 0 atom stereocenters. The zero-order chi connectivity index (χ0) is 16.9. The number of hydrogen-bond acceptors (Lipinski definition) is 3. The average Bonchev–Trinajstić information content (AvgIpc) is 2.57. The van der Waals surface area contributed by atoms with Gasteiger partial charge in [0.15, 0.2) is 5.96 Å². The van der Waals surface area contributed by atoms with Crippen LogP contribution in [0.2, 0.25) is 0 Å². The van der Waals surface area contributed by atoms with E-state index >= 15 is 0 Å². The third-order valence-electron chi connectivity index (χ3n) is 3.51. The molecule has 0 aliphatic carbocycles. The molecule has 0 amide bonds. The molecule has 0 heterocycles. The number of rotatable bonds is 10. The van der Waals surface area contributed by atoms with Crippen molar-refractivity contribution in [2.45, 2.75) is 39.7 Å². The van der Waals surface area contributed by atoms with E-state index in [0.29, 0.717) is 6.54 Å². The van der Waals surface area contributed by atoms with E-state index in [1.54, 1.807) is 14.2 Å². The van der Waals surface area contributed by atoms with Crippen LogP contribution in [0.25, 0.3) is 0 Å². The van der Waals surface area contributed by atoms with Crippen molar-refractivity contribution in [2.75, 3.05) is 33.9 Å². The van der Waals surface area contributed by atoms with Crippen molar-refractivity contribution in [1.82, 2.24) is 10.6 Å². The first-order valence-electron chi connectivity index (χ1n) is 8.37. The highest BCUT2D eigenvalue weighted by Crippen LogP contribution is 2.19. The van der Waals surface area contributed by atoms with Gasteiger partial charge >= 0.3 is 0 Å². The van der Waals surface area contributed by atoms with Crippen LogP contribution in [0.4, 0.5) is 0 Å². The van der Waals surface area contributed by atoms with Crippen molar-refractivity contribution in [3.63, 3.8) is 0 Å². The lowest BCUT2D eigenvalue weighted by atomic mass is 10.1. The highest BCUT2D eigenvalue weighted by Gasteiger charge is 2.04. The molecule has 0 aliphatic rings. The van der Waals surface area contributed by atoms with Gasteiger partial charge in [0, 0.05) is 38.9 Å². The molecule has 1 aromatic carbocycles. The van der Waals surface area contributed by atoms with Crippen LogP contribution in [0.5, 0.6) is 5.75 Å². The Morgan fingerprint density at radius 1 is 1.17 bits per heavy atom. The normalized spacial score (nSPS) is 11.4. The van der Waals surface area contributed by atoms with Crippen LogP contribution >= 0.6 is 0 Å². The van der Waals surface area contributed by atoms with E-state index in [4.69, 9.17) is 9.47 Å². The van der Waals surface area contributed by atoms with Crippen LogP contribution in [0.3, 0.4) is 0 Å². The highest BCUT2D eigenvalue weighted by atomic mass is 16.5. The zero-order valence-electron chi connectivity index (χ0n) is 14.9. The minimum Gasteiger partial charge on any atom is -0.496 e. The van der Waals surface area contributed by atoms with Gasteiger partial charge in [-0.2, -0.15) is 0 Å². The van der Waals surface area contributed by atoms with Gasteiger partial charge in [0.05, 0.1) is 7.11 Å². The molecule has 0 fully saturated rings. The summed E-state index contributed by atoms with van der Waals surface area (Å²) >= 11 is 0. The van der Waals surface area contributed by atoms with Gasteiger partial charge in [-0.25, -0.2) is 0 Å². The fraction of sp³-hybridized carbons (Fsp3) is 0.611. The van der Waals surface area contributed by atoms with Crippen molar-refractivity contribution in [3.05, 3.63) is 29.3 Å². The molecule has 1 aromatic rings.